The molecule has 2 heterocycles. The summed E-state index contributed by atoms with van der Waals surface area (Å²) in [7, 11) is 0. The van der Waals surface area contributed by atoms with Crippen molar-refractivity contribution >= 4 is 17.4 Å². The zero-order valence-corrected chi connectivity index (χ0v) is 15.5. The molecule has 0 bridgehead atoms. The number of nitrogens with one attached hydrogen (secondary N) is 1. The van der Waals surface area contributed by atoms with Gasteiger partial charge in [0.2, 0.25) is 5.88 Å². The summed E-state index contributed by atoms with van der Waals surface area (Å²) in [5.74, 6) is 1.41. The third kappa shape index (κ3) is 5.13. The predicted molar refractivity (Wildman–Crippen MR) is 101 cm³/mol. The number of non-ortho nitro benzene ring substituents is 1. The minimum absolute atomic E-state index is 0.129. The number of carbonyl (C=O) groups excluding carboxylic acids is 1. The Balaban J connectivity index is 1.52. The highest BCUT2D eigenvalue weighted by Gasteiger charge is 2.15. The fourth-order valence-corrected chi connectivity index (χ4v) is 2.74. The van der Waals surface area contributed by atoms with E-state index in [1.165, 1.54) is 24.3 Å². The van der Waals surface area contributed by atoms with Crippen molar-refractivity contribution in [1.29, 1.82) is 0 Å². The highest BCUT2D eigenvalue weighted by molar-refractivity contribution is 5.94. The lowest BCUT2D eigenvalue weighted by Crippen LogP contribution is -2.37. The van der Waals surface area contributed by atoms with Crippen molar-refractivity contribution in [2.75, 3.05) is 44.4 Å². The monoisotopic (exact) mass is 387 g/mol. The molecule has 0 spiro atoms. The first-order chi connectivity index (χ1) is 13.5. The third-order valence-electron chi connectivity index (χ3n) is 4.09. The number of hydrogen-bond donors (Lipinski definition) is 1. The van der Waals surface area contributed by atoms with Gasteiger partial charge in [0, 0.05) is 36.9 Å². The summed E-state index contributed by atoms with van der Waals surface area (Å²) in [4.78, 5) is 33.2. The average Bonchev–Trinajstić information content (AvgIpc) is 2.71. The molecule has 1 aliphatic heterocycles. The first kappa shape index (κ1) is 19.5. The van der Waals surface area contributed by atoms with Crippen LogP contribution < -0.4 is 15.0 Å². The van der Waals surface area contributed by atoms with Crippen LogP contribution in [0.2, 0.25) is 0 Å². The molecule has 3 rings (SSSR count). The van der Waals surface area contributed by atoms with E-state index in [9.17, 15) is 14.9 Å². The lowest BCUT2D eigenvalue weighted by Gasteiger charge is -2.28. The number of anilines is 1. The minimum Gasteiger partial charge on any atom is -0.476 e. The van der Waals surface area contributed by atoms with Gasteiger partial charge in [-0.25, -0.2) is 4.98 Å². The van der Waals surface area contributed by atoms with E-state index in [1.807, 2.05) is 0 Å². The summed E-state index contributed by atoms with van der Waals surface area (Å²) in [6.07, 6.45) is 0. The molecule has 0 unspecified atom stereocenters. The van der Waals surface area contributed by atoms with Gasteiger partial charge in [-0.2, -0.15) is 4.98 Å². The molecule has 1 aliphatic rings. The second-order valence-electron chi connectivity index (χ2n) is 6.12. The minimum atomic E-state index is -0.538. The molecule has 1 saturated heterocycles. The van der Waals surface area contributed by atoms with Crippen molar-refractivity contribution in [3.8, 4) is 5.88 Å². The third-order valence-corrected chi connectivity index (χ3v) is 4.09. The number of benzene rings is 1. The van der Waals surface area contributed by atoms with Crippen LogP contribution in [0.5, 0.6) is 5.88 Å². The molecule has 1 aromatic carbocycles. The summed E-state index contributed by atoms with van der Waals surface area (Å²) in [5.41, 5.74) is 0.0951. The molecule has 1 N–H and O–H groups in total. The van der Waals surface area contributed by atoms with Crippen molar-refractivity contribution in [1.82, 2.24) is 15.3 Å². The molecular formula is C18H21N5O5. The summed E-state index contributed by atoms with van der Waals surface area (Å²) in [6.45, 7) is 5.06. The van der Waals surface area contributed by atoms with Crippen LogP contribution in [0.4, 0.5) is 11.5 Å². The van der Waals surface area contributed by atoms with Crippen LogP contribution in [-0.2, 0) is 4.74 Å². The number of rotatable bonds is 7. The summed E-state index contributed by atoms with van der Waals surface area (Å²) < 4.78 is 11.0. The average molecular weight is 387 g/mol. The first-order valence-electron chi connectivity index (χ1n) is 8.87. The van der Waals surface area contributed by atoms with E-state index in [2.05, 4.69) is 20.2 Å². The van der Waals surface area contributed by atoms with Gasteiger partial charge in [0.05, 0.1) is 24.7 Å². The molecule has 0 radical (unpaired) electrons. The zero-order chi connectivity index (χ0) is 19.9. The van der Waals surface area contributed by atoms with Crippen molar-refractivity contribution < 1.29 is 19.2 Å². The van der Waals surface area contributed by atoms with E-state index in [4.69, 9.17) is 9.47 Å². The Hall–Kier alpha value is -3.27. The quantitative estimate of drug-likeness (QED) is 0.429. The van der Waals surface area contributed by atoms with Gasteiger partial charge in [-0.05, 0) is 13.0 Å². The molecule has 0 atom stereocenters. The van der Waals surface area contributed by atoms with Crippen molar-refractivity contribution in [2.45, 2.75) is 6.92 Å². The Labute approximate surface area is 161 Å². The smallest absolute Gasteiger partial charge is 0.270 e. The molecule has 10 nitrogen and oxygen atoms in total. The SMILES string of the molecule is Cc1nc(OCCNC(=O)c2cccc([N+](=O)[O-])c2)cc(N2CCOCC2)n1. The number of nitro groups is 1. The second-order valence-corrected chi connectivity index (χ2v) is 6.12. The van der Waals surface area contributed by atoms with E-state index in [1.54, 1.807) is 13.0 Å². The van der Waals surface area contributed by atoms with Crippen LogP contribution in [0.1, 0.15) is 16.2 Å². The maximum absolute atomic E-state index is 12.1. The number of hydrogen-bond acceptors (Lipinski definition) is 8. The van der Waals surface area contributed by atoms with E-state index in [0.717, 1.165) is 18.9 Å². The maximum Gasteiger partial charge on any atom is 0.270 e. The van der Waals surface area contributed by atoms with Gasteiger partial charge in [0.1, 0.15) is 18.2 Å². The van der Waals surface area contributed by atoms with Gasteiger partial charge in [-0.15, -0.1) is 0 Å². The predicted octanol–water partition coefficient (Wildman–Crippen LogP) is 1.34. The van der Waals surface area contributed by atoms with Crippen LogP contribution in [-0.4, -0.2) is 60.3 Å². The van der Waals surface area contributed by atoms with Gasteiger partial charge in [-0.3, -0.25) is 14.9 Å². The highest BCUT2D eigenvalue weighted by Crippen LogP contribution is 2.18. The Kier molecular flexibility index (Phi) is 6.33. The van der Waals surface area contributed by atoms with E-state index in [-0.39, 0.29) is 24.4 Å². The Morgan fingerprint density at radius 1 is 1.32 bits per heavy atom. The Morgan fingerprint density at radius 3 is 2.86 bits per heavy atom. The van der Waals surface area contributed by atoms with E-state index < -0.39 is 10.8 Å². The zero-order valence-electron chi connectivity index (χ0n) is 15.5. The van der Waals surface area contributed by atoms with Gasteiger partial charge in [0.25, 0.3) is 11.6 Å². The van der Waals surface area contributed by atoms with Crippen molar-refractivity contribution in [3.63, 3.8) is 0 Å². The molecule has 10 heteroatoms. The molecule has 1 aromatic heterocycles. The number of amides is 1. The van der Waals surface area contributed by atoms with E-state index in [0.29, 0.717) is 24.9 Å². The van der Waals surface area contributed by atoms with Gasteiger partial charge < -0.3 is 19.7 Å². The number of ether oxygens (including phenoxy) is 2. The normalized spacial score (nSPS) is 13.8. The number of carbonyl (C=O) groups is 1. The van der Waals surface area contributed by atoms with Crippen LogP contribution in [0.3, 0.4) is 0 Å². The first-order valence-corrected chi connectivity index (χ1v) is 8.87. The largest absolute Gasteiger partial charge is 0.476 e. The summed E-state index contributed by atoms with van der Waals surface area (Å²) in [5, 5.41) is 13.5. The lowest BCUT2D eigenvalue weighted by atomic mass is 10.2. The van der Waals surface area contributed by atoms with Gasteiger partial charge in [-0.1, -0.05) is 6.07 Å². The highest BCUT2D eigenvalue weighted by atomic mass is 16.6. The molecule has 1 amide bonds. The lowest BCUT2D eigenvalue weighted by molar-refractivity contribution is -0.384. The molecule has 148 valence electrons. The summed E-state index contributed by atoms with van der Waals surface area (Å²) >= 11 is 0. The Morgan fingerprint density at radius 2 is 2.11 bits per heavy atom. The molecule has 0 aliphatic carbocycles. The van der Waals surface area contributed by atoms with Crippen LogP contribution in [0, 0.1) is 17.0 Å². The molecule has 2 aromatic rings. The molecule has 1 fully saturated rings. The van der Waals surface area contributed by atoms with Gasteiger partial charge >= 0.3 is 0 Å². The van der Waals surface area contributed by atoms with Crippen LogP contribution in [0.25, 0.3) is 0 Å². The summed E-state index contributed by atoms with van der Waals surface area (Å²) in [6, 6.07) is 7.33. The fourth-order valence-electron chi connectivity index (χ4n) is 2.74. The number of aryl methyl sites for hydroxylation is 1. The molecule has 28 heavy (non-hydrogen) atoms. The van der Waals surface area contributed by atoms with Crippen LogP contribution >= 0.6 is 0 Å². The fraction of sp³-hybridized carbons (Fsp3) is 0.389. The maximum atomic E-state index is 12.1. The van der Waals surface area contributed by atoms with Crippen molar-refractivity contribution in [2.24, 2.45) is 0 Å². The number of nitro benzene ring substituents is 1. The van der Waals surface area contributed by atoms with Crippen molar-refractivity contribution in [3.05, 3.63) is 51.8 Å². The Bertz CT molecular complexity index is 854. The number of morpholine rings is 1. The van der Waals surface area contributed by atoms with E-state index >= 15 is 0 Å². The number of aromatic nitrogens is 2. The number of nitrogens with zero attached hydrogens (tertiary/aromatic N) is 4. The second kappa shape index (κ2) is 9.09. The van der Waals surface area contributed by atoms with Gasteiger partial charge in [0.15, 0.2) is 0 Å². The molecular weight excluding hydrogens is 366 g/mol. The van der Waals surface area contributed by atoms with Crippen LogP contribution in [0.15, 0.2) is 30.3 Å². The standard InChI is InChI=1S/C18H21N5O5/c1-13-20-16(22-6-9-27-10-7-22)12-17(21-13)28-8-5-19-18(24)14-3-2-4-15(11-14)23(25)26/h2-4,11-12H,5-10H2,1H3,(H,19,24). The topological polar surface area (TPSA) is 120 Å². The molecule has 0 saturated carbocycles.